The van der Waals surface area contributed by atoms with Crippen molar-refractivity contribution in [3.8, 4) is 0 Å². The van der Waals surface area contributed by atoms with E-state index < -0.39 is 0 Å². The molecule has 3 atom stereocenters. The van der Waals surface area contributed by atoms with Gasteiger partial charge >= 0.3 is 0 Å². The molecule has 3 fully saturated rings. The molecule has 0 aromatic heterocycles. The van der Waals surface area contributed by atoms with Crippen LogP contribution in [0, 0.1) is 5.92 Å². The Hall–Kier alpha value is -0.610. The van der Waals surface area contributed by atoms with Crippen LogP contribution in [0.15, 0.2) is 0 Å². The first kappa shape index (κ1) is 11.5. The molecule has 0 radical (unpaired) electrons. The third-order valence-corrected chi connectivity index (χ3v) is 4.79. The minimum atomic E-state index is 0.114. The maximum Gasteiger partial charge on any atom is 0.227 e. The van der Waals surface area contributed by atoms with E-state index in [9.17, 15) is 4.79 Å². The second-order valence-corrected chi connectivity index (χ2v) is 5.82. The molecular formula is C13H23N3O. The highest BCUT2D eigenvalue weighted by Gasteiger charge is 2.37. The summed E-state index contributed by atoms with van der Waals surface area (Å²) in [7, 11) is 0. The van der Waals surface area contributed by atoms with Crippen LogP contribution >= 0.6 is 0 Å². The molecule has 2 heterocycles. The molecule has 17 heavy (non-hydrogen) atoms. The first-order valence-electron chi connectivity index (χ1n) is 7.04. The van der Waals surface area contributed by atoms with Crippen LogP contribution < -0.4 is 5.73 Å². The van der Waals surface area contributed by atoms with E-state index in [0.717, 1.165) is 38.9 Å². The number of rotatable bonds is 1. The highest BCUT2D eigenvalue weighted by Crippen LogP contribution is 2.28. The minimum Gasteiger partial charge on any atom is -0.340 e. The molecule has 2 saturated heterocycles. The molecule has 3 unspecified atom stereocenters. The lowest BCUT2D eigenvalue weighted by atomic mass is 10.0. The molecule has 4 nitrogen and oxygen atoms in total. The van der Waals surface area contributed by atoms with Crippen LogP contribution in [0.1, 0.15) is 32.1 Å². The summed E-state index contributed by atoms with van der Waals surface area (Å²) in [6.45, 7) is 4.16. The quantitative estimate of drug-likeness (QED) is 0.719. The molecule has 0 aromatic carbocycles. The molecule has 2 N–H and O–H groups in total. The van der Waals surface area contributed by atoms with Gasteiger partial charge in [0.05, 0.1) is 5.92 Å². The molecule has 1 aliphatic carbocycles. The predicted molar refractivity (Wildman–Crippen MR) is 66.5 cm³/mol. The number of nitrogens with zero attached hydrogens (tertiary/aromatic N) is 2. The molecule has 0 aromatic rings. The Labute approximate surface area is 103 Å². The maximum absolute atomic E-state index is 12.4. The van der Waals surface area contributed by atoms with Crippen molar-refractivity contribution < 1.29 is 4.79 Å². The summed E-state index contributed by atoms with van der Waals surface area (Å²) in [4.78, 5) is 17.1. The van der Waals surface area contributed by atoms with Crippen LogP contribution in [0.5, 0.6) is 0 Å². The van der Waals surface area contributed by atoms with Crippen molar-refractivity contribution in [1.82, 2.24) is 9.80 Å². The zero-order valence-corrected chi connectivity index (χ0v) is 10.5. The molecule has 1 amide bonds. The lowest BCUT2D eigenvalue weighted by molar-refractivity contribution is -0.138. The fraction of sp³-hybridized carbons (Fsp3) is 0.923. The number of amides is 1. The van der Waals surface area contributed by atoms with Gasteiger partial charge in [-0.2, -0.15) is 0 Å². The van der Waals surface area contributed by atoms with Crippen molar-refractivity contribution in [3.63, 3.8) is 0 Å². The van der Waals surface area contributed by atoms with Gasteiger partial charge in [-0.05, 0) is 32.2 Å². The normalized spacial score (nSPS) is 38.4. The van der Waals surface area contributed by atoms with E-state index in [1.165, 1.54) is 19.4 Å². The number of nitrogens with two attached hydrogens (primary N) is 1. The molecular weight excluding hydrogens is 214 g/mol. The highest BCUT2D eigenvalue weighted by atomic mass is 16.2. The molecule has 1 saturated carbocycles. The molecule has 4 heteroatoms. The molecule has 3 rings (SSSR count). The Morgan fingerprint density at radius 2 is 1.94 bits per heavy atom. The molecule has 2 aliphatic heterocycles. The monoisotopic (exact) mass is 237 g/mol. The molecule has 0 bridgehead atoms. The average Bonchev–Trinajstić information content (AvgIpc) is 2.95. The smallest absolute Gasteiger partial charge is 0.227 e. The summed E-state index contributed by atoms with van der Waals surface area (Å²) in [5.74, 6) is 0.449. The van der Waals surface area contributed by atoms with Crippen molar-refractivity contribution >= 4 is 5.91 Å². The zero-order valence-electron chi connectivity index (χ0n) is 10.5. The Morgan fingerprint density at radius 3 is 2.71 bits per heavy atom. The topological polar surface area (TPSA) is 49.6 Å². The summed E-state index contributed by atoms with van der Waals surface area (Å²) in [6.07, 6.45) is 5.72. The first-order chi connectivity index (χ1) is 8.25. The van der Waals surface area contributed by atoms with Gasteiger partial charge < -0.3 is 10.6 Å². The van der Waals surface area contributed by atoms with Gasteiger partial charge in [-0.3, -0.25) is 9.69 Å². The van der Waals surface area contributed by atoms with Crippen LogP contribution in [-0.4, -0.2) is 54.0 Å². The van der Waals surface area contributed by atoms with Gasteiger partial charge in [-0.1, -0.05) is 6.42 Å². The van der Waals surface area contributed by atoms with Crippen molar-refractivity contribution in [3.05, 3.63) is 0 Å². The number of hydrogen-bond donors (Lipinski definition) is 1. The van der Waals surface area contributed by atoms with Crippen molar-refractivity contribution in [2.75, 3.05) is 26.2 Å². The summed E-state index contributed by atoms with van der Waals surface area (Å²) in [5, 5.41) is 0. The number of hydrogen-bond acceptors (Lipinski definition) is 3. The largest absolute Gasteiger partial charge is 0.340 e. The standard InChI is InChI=1S/C13H23N3O/c14-12-5-1-4-11(12)13(17)16-8-7-15-6-2-3-10(15)9-16/h10-12H,1-9,14H2. The van der Waals surface area contributed by atoms with Gasteiger partial charge in [0, 0.05) is 31.7 Å². The summed E-state index contributed by atoms with van der Waals surface area (Å²) in [5.41, 5.74) is 6.04. The number of carbonyl (C=O) groups is 1. The number of piperazine rings is 1. The van der Waals surface area contributed by atoms with E-state index in [-0.39, 0.29) is 12.0 Å². The number of fused-ring (bicyclic) bond motifs is 1. The van der Waals surface area contributed by atoms with Gasteiger partial charge in [-0.15, -0.1) is 0 Å². The van der Waals surface area contributed by atoms with Crippen molar-refractivity contribution in [2.45, 2.75) is 44.2 Å². The third kappa shape index (κ3) is 2.08. The van der Waals surface area contributed by atoms with E-state index in [4.69, 9.17) is 5.73 Å². The first-order valence-corrected chi connectivity index (χ1v) is 7.04. The molecule has 96 valence electrons. The second kappa shape index (κ2) is 4.58. The predicted octanol–water partition coefficient (Wildman–Crippen LogP) is 0.420. The molecule has 3 aliphatic rings. The zero-order chi connectivity index (χ0) is 11.8. The highest BCUT2D eigenvalue weighted by molar-refractivity contribution is 5.80. The van der Waals surface area contributed by atoms with Gasteiger partial charge in [-0.25, -0.2) is 0 Å². The third-order valence-electron chi connectivity index (χ3n) is 4.79. The summed E-state index contributed by atoms with van der Waals surface area (Å²) >= 11 is 0. The van der Waals surface area contributed by atoms with Gasteiger partial charge in [0.15, 0.2) is 0 Å². The van der Waals surface area contributed by atoms with Crippen LogP contribution in [-0.2, 0) is 4.79 Å². The SMILES string of the molecule is NC1CCCC1C(=O)N1CCN2CCCC2C1. The summed E-state index contributed by atoms with van der Waals surface area (Å²) < 4.78 is 0. The second-order valence-electron chi connectivity index (χ2n) is 5.82. The summed E-state index contributed by atoms with van der Waals surface area (Å²) in [6, 6.07) is 0.745. The minimum absolute atomic E-state index is 0.114. The van der Waals surface area contributed by atoms with Crippen LogP contribution in [0.25, 0.3) is 0 Å². The van der Waals surface area contributed by atoms with Crippen LogP contribution in [0.2, 0.25) is 0 Å². The van der Waals surface area contributed by atoms with E-state index in [2.05, 4.69) is 9.80 Å². The van der Waals surface area contributed by atoms with E-state index in [1.807, 2.05) is 0 Å². The number of carbonyl (C=O) groups excluding carboxylic acids is 1. The Bertz CT molecular complexity index is 307. The Morgan fingerprint density at radius 1 is 1.06 bits per heavy atom. The van der Waals surface area contributed by atoms with E-state index >= 15 is 0 Å². The fourth-order valence-electron chi connectivity index (χ4n) is 3.72. The lowest BCUT2D eigenvalue weighted by Crippen LogP contribution is -2.54. The van der Waals surface area contributed by atoms with E-state index in [0.29, 0.717) is 11.9 Å². The van der Waals surface area contributed by atoms with Gasteiger partial charge in [0.2, 0.25) is 5.91 Å². The van der Waals surface area contributed by atoms with Crippen molar-refractivity contribution in [2.24, 2.45) is 11.7 Å². The van der Waals surface area contributed by atoms with Crippen LogP contribution in [0.4, 0.5) is 0 Å². The van der Waals surface area contributed by atoms with Crippen LogP contribution in [0.3, 0.4) is 0 Å². The van der Waals surface area contributed by atoms with E-state index in [1.54, 1.807) is 0 Å². The maximum atomic E-state index is 12.4. The Balaban J connectivity index is 1.62. The fourth-order valence-corrected chi connectivity index (χ4v) is 3.72. The van der Waals surface area contributed by atoms with Gasteiger partial charge in [0.25, 0.3) is 0 Å². The Kier molecular flexibility index (Phi) is 3.09. The lowest BCUT2D eigenvalue weighted by Gasteiger charge is -2.39. The average molecular weight is 237 g/mol. The molecule has 0 spiro atoms. The van der Waals surface area contributed by atoms with Gasteiger partial charge in [0.1, 0.15) is 0 Å². The van der Waals surface area contributed by atoms with Crippen molar-refractivity contribution in [1.29, 1.82) is 0 Å².